The molecule has 0 aromatic carbocycles. The van der Waals surface area contributed by atoms with Gasteiger partial charge in [0.1, 0.15) is 11.5 Å². The Morgan fingerprint density at radius 1 is 1.14 bits per heavy atom. The SMILES string of the molecule is O=C(c1cnc2cccnn12)N1CCc2oc(CCc3cccnc3)nc2C1. The molecule has 0 fully saturated rings. The Labute approximate surface area is 160 Å². The van der Waals surface area contributed by atoms with Gasteiger partial charge in [-0.15, -0.1) is 0 Å². The molecule has 0 N–H and O–H groups in total. The first-order valence-corrected chi connectivity index (χ1v) is 9.22. The summed E-state index contributed by atoms with van der Waals surface area (Å²) in [4.78, 5) is 27.7. The van der Waals surface area contributed by atoms with E-state index in [0.29, 0.717) is 43.2 Å². The highest BCUT2D eigenvalue weighted by molar-refractivity contribution is 5.93. The van der Waals surface area contributed by atoms with Crippen molar-refractivity contribution < 1.29 is 9.21 Å². The number of imidazole rings is 1. The lowest BCUT2D eigenvalue weighted by Gasteiger charge is -2.24. The maximum absolute atomic E-state index is 13.0. The van der Waals surface area contributed by atoms with E-state index in [1.54, 1.807) is 34.1 Å². The van der Waals surface area contributed by atoms with Crippen LogP contribution < -0.4 is 0 Å². The van der Waals surface area contributed by atoms with E-state index in [1.165, 1.54) is 0 Å². The van der Waals surface area contributed by atoms with Crippen molar-refractivity contribution in [2.45, 2.75) is 25.8 Å². The predicted octanol–water partition coefficient (Wildman–Crippen LogP) is 2.10. The van der Waals surface area contributed by atoms with Gasteiger partial charge in [0, 0.05) is 38.0 Å². The highest BCUT2D eigenvalue weighted by Crippen LogP contribution is 2.22. The van der Waals surface area contributed by atoms with Gasteiger partial charge in [0.15, 0.2) is 17.2 Å². The van der Waals surface area contributed by atoms with Crippen LogP contribution in [0.1, 0.15) is 33.4 Å². The second-order valence-corrected chi connectivity index (χ2v) is 6.75. The Bertz CT molecular complexity index is 1130. The summed E-state index contributed by atoms with van der Waals surface area (Å²) in [6.45, 7) is 1.02. The zero-order valence-electron chi connectivity index (χ0n) is 15.2. The molecular formula is C20H18N6O2. The fraction of sp³-hybridized carbons (Fsp3) is 0.250. The van der Waals surface area contributed by atoms with Gasteiger partial charge in [0.2, 0.25) is 0 Å². The van der Waals surface area contributed by atoms with Crippen LogP contribution in [-0.4, -0.2) is 41.9 Å². The Balaban J connectivity index is 1.31. The number of aryl methyl sites for hydroxylation is 2. The molecule has 0 saturated heterocycles. The molecule has 0 saturated carbocycles. The Morgan fingerprint density at radius 3 is 2.96 bits per heavy atom. The van der Waals surface area contributed by atoms with Crippen molar-refractivity contribution in [3.8, 4) is 0 Å². The van der Waals surface area contributed by atoms with Crippen LogP contribution >= 0.6 is 0 Å². The monoisotopic (exact) mass is 374 g/mol. The van der Waals surface area contributed by atoms with Crippen LogP contribution in [0, 0.1) is 0 Å². The first-order valence-electron chi connectivity index (χ1n) is 9.22. The summed E-state index contributed by atoms with van der Waals surface area (Å²) in [7, 11) is 0. The average molecular weight is 374 g/mol. The molecule has 140 valence electrons. The summed E-state index contributed by atoms with van der Waals surface area (Å²) in [5.41, 5.74) is 3.10. The molecule has 0 atom stereocenters. The quantitative estimate of drug-likeness (QED) is 0.543. The van der Waals surface area contributed by atoms with Crippen LogP contribution in [0.4, 0.5) is 0 Å². The second-order valence-electron chi connectivity index (χ2n) is 6.75. The van der Waals surface area contributed by atoms with Gasteiger partial charge in [-0.05, 0) is 30.2 Å². The fourth-order valence-corrected chi connectivity index (χ4v) is 3.47. The summed E-state index contributed by atoms with van der Waals surface area (Å²) in [6, 6.07) is 7.59. The van der Waals surface area contributed by atoms with Crippen LogP contribution in [0.25, 0.3) is 5.65 Å². The van der Waals surface area contributed by atoms with Crippen molar-refractivity contribution in [2.75, 3.05) is 6.54 Å². The number of pyridine rings is 1. The third kappa shape index (κ3) is 3.02. The average Bonchev–Trinajstić information content (AvgIpc) is 3.35. The molecule has 1 amide bonds. The summed E-state index contributed by atoms with van der Waals surface area (Å²) >= 11 is 0. The number of hydrogen-bond donors (Lipinski definition) is 0. The van der Waals surface area contributed by atoms with Crippen LogP contribution in [0.15, 0.2) is 53.5 Å². The molecule has 28 heavy (non-hydrogen) atoms. The largest absolute Gasteiger partial charge is 0.445 e. The smallest absolute Gasteiger partial charge is 0.274 e. The molecule has 5 heterocycles. The maximum Gasteiger partial charge on any atom is 0.274 e. The molecule has 0 spiro atoms. The van der Waals surface area contributed by atoms with E-state index < -0.39 is 0 Å². The number of fused-ring (bicyclic) bond motifs is 2. The van der Waals surface area contributed by atoms with Gasteiger partial charge in [-0.3, -0.25) is 9.78 Å². The molecule has 0 unspecified atom stereocenters. The van der Waals surface area contributed by atoms with E-state index in [9.17, 15) is 4.79 Å². The number of aromatic nitrogens is 5. The molecule has 0 bridgehead atoms. The number of nitrogens with zero attached hydrogens (tertiary/aromatic N) is 6. The highest BCUT2D eigenvalue weighted by atomic mass is 16.4. The third-order valence-corrected chi connectivity index (χ3v) is 4.91. The minimum Gasteiger partial charge on any atom is -0.445 e. The zero-order valence-corrected chi connectivity index (χ0v) is 15.2. The fourth-order valence-electron chi connectivity index (χ4n) is 3.47. The number of amides is 1. The molecule has 1 aliphatic rings. The normalized spacial score (nSPS) is 13.6. The Morgan fingerprint density at radius 2 is 2.07 bits per heavy atom. The maximum atomic E-state index is 13.0. The number of oxazole rings is 1. The van der Waals surface area contributed by atoms with Crippen LogP contribution in [0.5, 0.6) is 0 Å². The number of rotatable bonds is 4. The van der Waals surface area contributed by atoms with Gasteiger partial charge >= 0.3 is 0 Å². The summed E-state index contributed by atoms with van der Waals surface area (Å²) in [5, 5.41) is 4.23. The van der Waals surface area contributed by atoms with Crippen LogP contribution in [-0.2, 0) is 25.8 Å². The van der Waals surface area contributed by atoms with Crippen LogP contribution in [0.3, 0.4) is 0 Å². The van der Waals surface area contributed by atoms with Crippen molar-refractivity contribution in [1.29, 1.82) is 0 Å². The van der Waals surface area contributed by atoms with E-state index in [1.807, 2.05) is 24.4 Å². The molecule has 0 aliphatic carbocycles. The van der Waals surface area contributed by atoms with E-state index in [4.69, 9.17) is 4.42 Å². The lowest BCUT2D eigenvalue weighted by atomic mass is 10.1. The highest BCUT2D eigenvalue weighted by Gasteiger charge is 2.28. The standard InChI is InChI=1S/C20H18N6O2/c27-20(16-12-22-18-4-2-9-23-26(16)18)25-10-7-17-15(13-25)24-19(28-17)6-5-14-3-1-8-21-11-14/h1-4,8-9,11-12H,5-7,10,13H2. The molecule has 4 aromatic rings. The second kappa shape index (κ2) is 6.88. The zero-order chi connectivity index (χ0) is 18.9. The lowest BCUT2D eigenvalue weighted by Crippen LogP contribution is -2.36. The van der Waals surface area contributed by atoms with Gasteiger partial charge in [0.25, 0.3) is 5.91 Å². The topological polar surface area (TPSA) is 89.4 Å². The molecular weight excluding hydrogens is 356 g/mol. The predicted molar refractivity (Wildman–Crippen MR) is 99.6 cm³/mol. The third-order valence-electron chi connectivity index (χ3n) is 4.91. The number of carbonyl (C=O) groups is 1. The van der Waals surface area contributed by atoms with Crippen molar-refractivity contribution >= 4 is 11.6 Å². The van der Waals surface area contributed by atoms with Crippen LogP contribution in [0.2, 0.25) is 0 Å². The minimum absolute atomic E-state index is 0.100. The Kier molecular flexibility index (Phi) is 4.08. The molecule has 4 aromatic heterocycles. The minimum atomic E-state index is -0.100. The lowest BCUT2D eigenvalue weighted by molar-refractivity contribution is 0.0719. The number of hydrogen-bond acceptors (Lipinski definition) is 6. The summed E-state index contributed by atoms with van der Waals surface area (Å²) in [5.74, 6) is 1.48. The molecule has 8 heteroatoms. The van der Waals surface area contributed by atoms with E-state index in [2.05, 4.69) is 20.1 Å². The number of carbonyl (C=O) groups excluding carboxylic acids is 1. The van der Waals surface area contributed by atoms with Crippen molar-refractivity contribution in [2.24, 2.45) is 0 Å². The van der Waals surface area contributed by atoms with E-state index in [0.717, 1.165) is 23.4 Å². The van der Waals surface area contributed by atoms with Crippen molar-refractivity contribution in [3.05, 3.63) is 77.7 Å². The Hall–Kier alpha value is -3.55. The van der Waals surface area contributed by atoms with Gasteiger partial charge in [-0.1, -0.05) is 6.07 Å². The molecule has 1 aliphatic heterocycles. The van der Waals surface area contributed by atoms with Gasteiger partial charge in [0.05, 0.1) is 12.7 Å². The van der Waals surface area contributed by atoms with E-state index >= 15 is 0 Å². The van der Waals surface area contributed by atoms with Crippen molar-refractivity contribution in [1.82, 2.24) is 29.5 Å². The molecule has 5 rings (SSSR count). The first kappa shape index (κ1) is 16.6. The van der Waals surface area contributed by atoms with E-state index in [-0.39, 0.29) is 5.91 Å². The summed E-state index contributed by atoms with van der Waals surface area (Å²) < 4.78 is 7.49. The first-order chi connectivity index (χ1) is 13.8. The van der Waals surface area contributed by atoms with Gasteiger partial charge in [-0.2, -0.15) is 5.10 Å². The molecule has 8 nitrogen and oxygen atoms in total. The van der Waals surface area contributed by atoms with Gasteiger partial charge in [-0.25, -0.2) is 14.5 Å². The summed E-state index contributed by atoms with van der Waals surface area (Å²) in [6.07, 6.45) is 9.03. The van der Waals surface area contributed by atoms with Crippen molar-refractivity contribution in [3.63, 3.8) is 0 Å². The van der Waals surface area contributed by atoms with Gasteiger partial charge < -0.3 is 9.32 Å². The molecule has 0 radical (unpaired) electrons.